The first-order valence-corrected chi connectivity index (χ1v) is 7.52. The Bertz CT molecular complexity index is 510. The number of nitrogens with one attached hydrogen (secondary N) is 1. The van der Waals surface area contributed by atoms with Crippen LogP contribution < -0.4 is 5.43 Å². The fraction of sp³-hybridized carbons (Fsp3) is 0.600. The molecule has 1 aliphatic heterocycles. The lowest BCUT2D eigenvalue weighted by Gasteiger charge is -2.28. The number of fused-ring (bicyclic) bond motifs is 1. The molecule has 1 saturated heterocycles. The van der Waals surface area contributed by atoms with E-state index in [2.05, 4.69) is 15.4 Å². The van der Waals surface area contributed by atoms with Gasteiger partial charge in [0, 0.05) is 18.8 Å². The van der Waals surface area contributed by atoms with Gasteiger partial charge in [-0.2, -0.15) is 0 Å². The van der Waals surface area contributed by atoms with E-state index < -0.39 is 5.97 Å². The van der Waals surface area contributed by atoms with Crippen molar-refractivity contribution in [2.24, 2.45) is 0 Å². The van der Waals surface area contributed by atoms with Crippen LogP contribution in [0.5, 0.6) is 0 Å². The molecular weight excluding hydrogens is 254 g/mol. The highest BCUT2D eigenvalue weighted by Gasteiger charge is 2.20. The van der Waals surface area contributed by atoms with Gasteiger partial charge in [-0.3, -0.25) is 0 Å². The molecule has 1 fully saturated rings. The molecule has 0 saturated carbocycles. The van der Waals surface area contributed by atoms with Gasteiger partial charge < -0.3 is 10.5 Å². The van der Waals surface area contributed by atoms with E-state index in [1.165, 1.54) is 6.42 Å². The summed E-state index contributed by atoms with van der Waals surface area (Å²) in [4.78, 5) is 16.0. The van der Waals surface area contributed by atoms with Crippen LogP contribution in [-0.4, -0.2) is 34.2 Å². The molecule has 2 aliphatic rings. The monoisotopic (exact) mass is 275 g/mol. The maximum absolute atomic E-state index is 11.5. The molecule has 20 heavy (non-hydrogen) atoms. The number of carbonyl (C=O) groups is 1. The summed E-state index contributed by atoms with van der Waals surface area (Å²) >= 11 is 0. The normalized spacial score (nSPS) is 19.4. The number of aromatic carboxylic acids is 1. The SMILES string of the molecule is O=C(O)c1cc2c(nc1NN1CCCCC1)CCCC2. The molecule has 1 aromatic heterocycles. The number of hydrogen-bond acceptors (Lipinski definition) is 4. The van der Waals surface area contributed by atoms with Gasteiger partial charge >= 0.3 is 5.97 Å². The van der Waals surface area contributed by atoms with Crippen molar-refractivity contribution in [3.8, 4) is 0 Å². The minimum atomic E-state index is -0.898. The molecule has 0 atom stereocenters. The Morgan fingerprint density at radius 2 is 1.90 bits per heavy atom. The standard InChI is InChI=1S/C15H21N3O2/c19-15(20)12-10-11-6-2-3-7-13(11)16-14(12)17-18-8-4-1-5-9-18/h10H,1-9H2,(H,16,17)(H,19,20). The van der Waals surface area contributed by atoms with E-state index in [1.54, 1.807) is 0 Å². The molecule has 2 N–H and O–H groups in total. The lowest BCUT2D eigenvalue weighted by Crippen LogP contribution is -2.36. The number of hydrogen-bond donors (Lipinski definition) is 2. The van der Waals surface area contributed by atoms with E-state index in [4.69, 9.17) is 0 Å². The van der Waals surface area contributed by atoms with Crippen molar-refractivity contribution < 1.29 is 9.90 Å². The van der Waals surface area contributed by atoms with Crippen molar-refractivity contribution in [2.45, 2.75) is 44.9 Å². The van der Waals surface area contributed by atoms with Gasteiger partial charge in [0.15, 0.2) is 5.82 Å². The number of rotatable bonds is 3. The molecule has 2 heterocycles. The maximum Gasteiger partial charge on any atom is 0.339 e. The zero-order valence-electron chi connectivity index (χ0n) is 11.7. The predicted molar refractivity (Wildman–Crippen MR) is 76.9 cm³/mol. The summed E-state index contributed by atoms with van der Waals surface area (Å²) in [5, 5.41) is 11.5. The minimum Gasteiger partial charge on any atom is -0.478 e. The zero-order chi connectivity index (χ0) is 13.9. The lowest BCUT2D eigenvalue weighted by atomic mass is 9.95. The fourth-order valence-electron chi connectivity index (χ4n) is 3.04. The van der Waals surface area contributed by atoms with E-state index in [1.807, 2.05) is 6.07 Å². The van der Waals surface area contributed by atoms with Gasteiger partial charge in [0.1, 0.15) is 5.56 Å². The van der Waals surface area contributed by atoms with Gasteiger partial charge in [-0.15, -0.1) is 0 Å². The Kier molecular flexibility index (Phi) is 3.87. The van der Waals surface area contributed by atoms with Crippen LogP contribution in [0.1, 0.15) is 53.7 Å². The second-order valence-electron chi connectivity index (χ2n) is 5.66. The molecule has 0 spiro atoms. The second-order valence-corrected chi connectivity index (χ2v) is 5.66. The highest BCUT2D eigenvalue weighted by atomic mass is 16.4. The van der Waals surface area contributed by atoms with Gasteiger partial charge in [-0.25, -0.2) is 14.8 Å². The van der Waals surface area contributed by atoms with Crippen LogP contribution in [0.2, 0.25) is 0 Å². The number of hydrazine groups is 1. The smallest absolute Gasteiger partial charge is 0.339 e. The number of carboxylic acid groups (broad SMARTS) is 1. The van der Waals surface area contributed by atoms with Crippen LogP contribution >= 0.6 is 0 Å². The van der Waals surface area contributed by atoms with Gasteiger partial charge in [-0.1, -0.05) is 6.42 Å². The second kappa shape index (κ2) is 5.79. The van der Waals surface area contributed by atoms with Gasteiger partial charge in [0.25, 0.3) is 0 Å². The number of anilines is 1. The topological polar surface area (TPSA) is 65.5 Å². The van der Waals surface area contributed by atoms with Crippen molar-refractivity contribution in [1.29, 1.82) is 0 Å². The van der Waals surface area contributed by atoms with Crippen molar-refractivity contribution in [1.82, 2.24) is 9.99 Å². The van der Waals surface area contributed by atoms with E-state index >= 15 is 0 Å². The minimum absolute atomic E-state index is 0.302. The van der Waals surface area contributed by atoms with Crippen LogP contribution in [0.3, 0.4) is 0 Å². The summed E-state index contributed by atoms with van der Waals surface area (Å²) in [7, 11) is 0. The number of nitrogens with zero attached hydrogens (tertiary/aromatic N) is 2. The summed E-state index contributed by atoms with van der Waals surface area (Å²) in [6.45, 7) is 1.91. The lowest BCUT2D eigenvalue weighted by molar-refractivity contribution is 0.0697. The van der Waals surface area contributed by atoms with Crippen LogP contribution in [-0.2, 0) is 12.8 Å². The van der Waals surface area contributed by atoms with Gasteiger partial charge in [-0.05, 0) is 50.2 Å². The first-order valence-electron chi connectivity index (χ1n) is 7.52. The van der Waals surface area contributed by atoms with Gasteiger partial charge in [0.05, 0.1) is 0 Å². The third-order valence-electron chi connectivity index (χ3n) is 4.15. The number of carboxylic acids is 1. The number of pyridine rings is 1. The average molecular weight is 275 g/mol. The molecule has 0 amide bonds. The predicted octanol–water partition coefficient (Wildman–Crippen LogP) is 2.47. The fourth-order valence-corrected chi connectivity index (χ4v) is 3.04. The van der Waals surface area contributed by atoms with Crippen molar-refractivity contribution in [3.05, 3.63) is 22.9 Å². The summed E-state index contributed by atoms with van der Waals surface area (Å²) in [6, 6.07) is 1.82. The third-order valence-corrected chi connectivity index (χ3v) is 4.15. The maximum atomic E-state index is 11.5. The summed E-state index contributed by atoms with van der Waals surface area (Å²) in [6.07, 6.45) is 7.75. The van der Waals surface area contributed by atoms with E-state index in [0.717, 1.165) is 62.9 Å². The van der Waals surface area contributed by atoms with E-state index in [-0.39, 0.29) is 0 Å². The number of aryl methyl sites for hydroxylation is 2. The van der Waals surface area contributed by atoms with Crippen molar-refractivity contribution in [2.75, 3.05) is 18.5 Å². The highest BCUT2D eigenvalue weighted by Crippen LogP contribution is 2.25. The summed E-state index contributed by atoms with van der Waals surface area (Å²) in [5.74, 6) is -0.384. The van der Waals surface area contributed by atoms with Crippen LogP contribution in [0.25, 0.3) is 0 Å². The number of aromatic nitrogens is 1. The Morgan fingerprint density at radius 1 is 1.15 bits per heavy atom. The molecule has 1 aromatic rings. The van der Waals surface area contributed by atoms with Crippen molar-refractivity contribution >= 4 is 11.8 Å². The molecule has 108 valence electrons. The molecule has 0 radical (unpaired) electrons. The Balaban J connectivity index is 1.88. The van der Waals surface area contributed by atoms with E-state index in [9.17, 15) is 9.90 Å². The Hall–Kier alpha value is -1.62. The largest absolute Gasteiger partial charge is 0.478 e. The molecule has 5 heteroatoms. The Morgan fingerprint density at radius 3 is 2.65 bits per heavy atom. The summed E-state index contributed by atoms with van der Waals surface area (Å²) < 4.78 is 0. The van der Waals surface area contributed by atoms with E-state index in [0.29, 0.717) is 11.4 Å². The molecule has 1 aliphatic carbocycles. The molecule has 0 unspecified atom stereocenters. The van der Waals surface area contributed by atoms with Crippen molar-refractivity contribution in [3.63, 3.8) is 0 Å². The summed E-state index contributed by atoms with van der Waals surface area (Å²) in [5.41, 5.74) is 5.70. The van der Waals surface area contributed by atoms with Crippen LogP contribution in [0.15, 0.2) is 6.07 Å². The molecular formula is C15H21N3O2. The first-order chi connectivity index (χ1) is 9.74. The average Bonchev–Trinajstić information content (AvgIpc) is 2.47. The molecule has 0 aromatic carbocycles. The molecule has 3 rings (SSSR count). The number of piperidine rings is 1. The molecule has 5 nitrogen and oxygen atoms in total. The van der Waals surface area contributed by atoms with Crippen LogP contribution in [0.4, 0.5) is 5.82 Å². The quantitative estimate of drug-likeness (QED) is 0.887. The Labute approximate surface area is 119 Å². The molecule has 0 bridgehead atoms. The van der Waals surface area contributed by atoms with Gasteiger partial charge in [0.2, 0.25) is 0 Å². The first kappa shape index (κ1) is 13.4. The highest BCUT2D eigenvalue weighted by molar-refractivity contribution is 5.93. The third kappa shape index (κ3) is 2.77. The zero-order valence-corrected chi connectivity index (χ0v) is 11.7. The van der Waals surface area contributed by atoms with Crippen LogP contribution in [0, 0.1) is 0 Å².